The van der Waals surface area contributed by atoms with E-state index in [9.17, 15) is 9.59 Å². The number of H-pyrrole nitrogens is 1. The lowest BCUT2D eigenvalue weighted by atomic mass is 10.2. The maximum absolute atomic E-state index is 11.8. The van der Waals surface area contributed by atoms with Gasteiger partial charge in [0.15, 0.2) is 0 Å². The predicted molar refractivity (Wildman–Crippen MR) is 85.3 cm³/mol. The molecule has 2 rings (SSSR count). The number of aromatic amines is 1. The van der Waals surface area contributed by atoms with E-state index in [1.54, 1.807) is 18.2 Å². The number of imidazole rings is 1. The number of nitrogens with zero attached hydrogens (tertiary/aromatic N) is 1. The molecule has 118 valence electrons. The van der Waals surface area contributed by atoms with Crippen LogP contribution < -0.4 is 10.6 Å². The van der Waals surface area contributed by atoms with Crippen molar-refractivity contribution in [3.63, 3.8) is 0 Å². The van der Waals surface area contributed by atoms with E-state index in [-0.39, 0.29) is 11.9 Å². The van der Waals surface area contributed by atoms with Gasteiger partial charge < -0.3 is 15.0 Å². The Bertz CT molecular complexity index is 671. The third kappa shape index (κ3) is 4.36. The summed E-state index contributed by atoms with van der Waals surface area (Å²) >= 11 is 5.58. The summed E-state index contributed by atoms with van der Waals surface area (Å²) in [4.78, 5) is 30.0. The Morgan fingerprint density at radius 2 is 2.14 bits per heavy atom. The number of methoxy groups -OCH3 is 1. The fourth-order valence-corrected chi connectivity index (χ4v) is 2.09. The molecule has 0 saturated heterocycles. The van der Waals surface area contributed by atoms with Gasteiger partial charge >= 0.3 is 6.09 Å². The predicted octanol–water partition coefficient (Wildman–Crippen LogP) is 3.09. The molecule has 1 aromatic carbocycles. The number of rotatable bonds is 6. The fraction of sp³-hybridized carbons (Fsp3) is 0.357. The molecule has 22 heavy (non-hydrogen) atoms. The number of carbonyl (C=O) groups excluding carboxylic acids is 2. The Morgan fingerprint density at radius 1 is 1.32 bits per heavy atom. The molecule has 0 saturated carbocycles. The second-order valence-electron chi connectivity index (χ2n) is 4.63. The summed E-state index contributed by atoms with van der Waals surface area (Å²) in [6, 6.07) is 5.26. The molecule has 2 aromatic rings. The van der Waals surface area contributed by atoms with E-state index in [0.717, 1.165) is 12.8 Å². The molecule has 7 nitrogen and oxygen atoms in total. The van der Waals surface area contributed by atoms with Crippen LogP contribution in [0.5, 0.6) is 0 Å². The molecule has 1 heterocycles. The van der Waals surface area contributed by atoms with Gasteiger partial charge in [-0.3, -0.25) is 10.1 Å². The molecule has 0 bridgehead atoms. The van der Waals surface area contributed by atoms with Crippen LogP contribution >= 0.6 is 11.6 Å². The number of hydrogen-bond donors (Lipinski definition) is 3. The molecule has 0 aliphatic heterocycles. The Kier molecular flexibility index (Phi) is 5.60. The van der Waals surface area contributed by atoms with Crippen LogP contribution in [0.3, 0.4) is 0 Å². The van der Waals surface area contributed by atoms with Gasteiger partial charge in [0.2, 0.25) is 11.9 Å². The van der Waals surface area contributed by atoms with Gasteiger partial charge in [0.05, 0.1) is 18.1 Å². The molecular weight excluding hydrogens is 308 g/mol. The Morgan fingerprint density at radius 3 is 2.86 bits per heavy atom. The number of amides is 2. The van der Waals surface area contributed by atoms with Gasteiger partial charge in [0.25, 0.3) is 0 Å². The molecule has 0 atom stereocenters. The monoisotopic (exact) mass is 324 g/mol. The number of benzene rings is 1. The summed E-state index contributed by atoms with van der Waals surface area (Å²) in [5.74, 6) is 0.785. The van der Waals surface area contributed by atoms with E-state index >= 15 is 0 Å². The largest absolute Gasteiger partial charge is 0.453 e. The maximum atomic E-state index is 11.8. The molecule has 0 fully saturated rings. The first-order valence-corrected chi connectivity index (χ1v) is 7.36. The van der Waals surface area contributed by atoms with E-state index in [1.165, 1.54) is 7.11 Å². The van der Waals surface area contributed by atoms with Crippen LogP contribution in [-0.2, 0) is 9.53 Å². The average molecular weight is 325 g/mol. The van der Waals surface area contributed by atoms with Crippen LogP contribution in [-0.4, -0.2) is 35.0 Å². The lowest BCUT2D eigenvalue weighted by molar-refractivity contribution is -0.116. The van der Waals surface area contributed by atoms with Crippen LogP contribution in [0.15, 0.2) is 18.2 Å². The summed E-state index contributed by atoms with van der Waals surface area (Å²) in [5.41, 5.74) is 2.04. The number of ether oxygens (including phenoxy) is 1. The van der Waals surface area contributed by atoms with Gasteiger partial charge in [-0.15, -0.1) is 11.6 Å². The van der Waals surface area contributed by atoms with E-state index in [0.29, 0.717) is 29.0 Å². The summed E-state index contributed by atoms with van der Waals surface area (Å²) in [6.07, 6.45) is 1.40. The van der Waals surface area contributed by atoms with Crippen molar-refractivity contribution in [3.05, 3.63) is 18.2 Å². The topological polar surface area (TPSA) is 96.1 Å². The second-order valence-corrected chi connectivity index (χ2v) is 5.01. The number of hydrogen-bond acceptors (Lipinski definition) is 4. The minimum Gasteiger partial charge on any atom is -0.453 e. The van der Waals surface area contributed by atoms with Crippen molar-refractivity contribution in [2.24, 2.45) is 0 Å². The maximum Gasteiger partial charge on any atom is 0.413 e. The lowest BCUT2D eigenvalue weighted by Crippen LogP contribution is -2.11. The quantitative estimate of drug-likeness (QED) is 0.562. The zero-order valence-electron chi connectivity index (χ0n) is 12.1. The standard InChI is InChI=1S/C14H17ClN4O3/c1-22-14(21)19-13-17-10-6-5-9(8-11(10)18-13)16-12(20)4-2-3-7-15/h5-6,8H,2-4,7H2,1H3,(H,16,20)(H2,17,18,19,21). The highest BCUT2D eigenvalue weighted by molar-refractivity contribution is 6.17. The molecule has 2 amide bonds. The number of unbranched alkanes of at least 4 members (excludes halogenated alkanes) is 1. The molecular formula is C14H17ClN4O3. The van der Waals surface area contributed by atoms with Crippen LogP contribution in [0.4, 0.5) is 16.4 Å². The molecule has 1 aromatic heterocycles. The first-order chi connectivity index (χ1) is 10.6. The number of anilines is 2. The van der Waals surface area contributed by atoms with Crippen molar-refractivity contribution < 1.29 is 14.3 Å². The first kappa shape index (κ1) is 16.1. The van der Waals surface area contributed by atoms with Crippen molar-refractivity contribution in [1.82, 2.24) is 9.97 Å². The van der Waals surface area contributed by atoms with Gasteiger partial charge in [0.1, 0.15) is 0 Å². The summed E-state index contributed by atoms with van der Waals surface area (Å²) in [6.45, 7) is 0. The summed E-state index contributed by atoms with van der Waals surface area (Å²) in [7, 11) is 1.27. The van der Waals surface area contributed by atoms with Gasteiger partial charge in [-0.1, -0.05) is 0 Å². The van der Waals surface area contributed by atoms with Gasteiger partial charge in [-0.25, -0.2) is 9.78 Å². The van der Waals surface area contributed by atoms with Crippen LogP contribution in [0, 0.1) is 0 Å². The number of aromatic nitrogens is 2. The molecule has 0 radical (unpaired) electrons. The van der Waals surface area contributed by atoms with Crippen molar-refractivity contribution in [3.8, 4) is 0 Å². The van der Waals surface area contributed by atoms with Gasteiger partial charge in [-0.2, -0.15) is 0 Å². The SMILES string of the molecule is COC(=O)Nc1nc2ccc(NC(=O)CCCCCl)cc2[nH]1. The zero-order chi connectivity index (χ0) is 15.9. The molecule has 0 spiro atoms. The third-order valence-electron chi connectivity index (χ3n) is 2.96. The van der Waals surface area contributed by atoms with Crippen molar-refractivity contribution in [1.29, 1.82) is 0 Å². The minimum absolute atomic E-state index is 0.0584. The smallest absolute Gasteiger partial charge is 0.413 e. The first-order valence-electron chi connectivity index (χ1n) is 6.83. The fourth-order valence-electron chi connectivity index (χ4n) is 1.90. The van der Waals surface area contributed by atoms with Crippen LogP contribution in [0.25, 0.3) is 11.0 Å². The highest BCUT2D eigenvalue weighted by Crippen LogP contribution is 2.19. The third-order valence-corrected chi connectivity index (χ3v) is 3.23. The number of nitrogens with one attached hydrogen (secondary N) is 3. The Labute approximate surface area is 132 Å². The van der Waals surface area contributed by atoms with Crippen molar-refractivity contribution >= 4 is 46.3 Å². The minimum atomic E-state index is -0.605. The normalized spacial score (nSPS) is 10.5. The van der Waals surface area contributed by atoms with E-state index in [4.69, 9.17) is 11.6 Å². The molecule has 0 unspecified atom stereocenters. The van der Waals surface area contributed by atoms with E-state index in [2.05, 4.69) is 25.3 Å². The number of carbonyl (C=O) groups is 2. The Balaban J connectivity index is 2.03. The second kappa shape index (κ2) is 7.65. The van der Waals surface area contributed by atoms with Crippen LogP contribution in [0.1, 0.15) is 19.3 Å². The highest BCUT2D eigenvalue weighted by Gasteiger charge is 2.08. The van der Waals surface area contributed by atoms with Crippen molar-refractivity contribution in [2.45, 2.75) is 19.3 Å². The number of halogens is 1. The molecule has 8 heteroatoms. The molecule has 0 aliphatic rings. The highest BCUT2D eigenvalue weighted by atomic mass is 35.5. The van der Waals surface area contributed by atoms with Crippen LogP contribution in [0.2, 0.25) is 0 Å². The molecule has 0 aliphatic carbocycles. The lowest BCUT2D eigenvalue weighted by Gasteiger charge is -2.04. The van der Waals surface area contributed by atoms with E-state index < -0.39 is 6.09 Å². The zero-order valence-corrected chi connectivity index (χ0v) is 12.9. The number of fused-ring (bicyclic) bond motifs is 1. The summed E-state index contributed by atoms with van der Waals surface area (Å²) < 4.78 is 4.50. The average Bonchev–Trinajstić information content (AvgIpc) is 2.88. The van der Waals surface area contributed by atoms with Crippen molar-refractivity contribution in [2.75, 3.05) is 23.6 Å². The number of alkyl halides is 1. The molecule has 3 N–H and O–H groups in total. The summed E-state index contributed by atoms with van der Waals surface area (Å²) in [5, 5.41) is 5.26. The van der Waals surface area contributed by atoms with Gasteiger partial charge in [0, 0.05) is 18.0 Å². The Hall–Kier alpha value is -2.28. The van der Waals surface area contributed by atoms with Gasteiger partial charge in [-0.05, 0) is 31.0 Å². The van der Waals surface area contributed by atoms with E-state index in [1.807, 2.05) is 0 Å².